The summed E-state index contributed by atoms with van der Waals surface area (Å²) >= 11 is 0. The van der Waals surface area contributed by atoms with E-state index in [2.05, 4.69) is 52.8 Å². The Morgan fingerprint density at radius 3 is 2.48 bits per heavy atom. The normalized spacial score (nSPS) is 10.3. The molecule has 0 aliphatic rings. The van der Waals surface area contributed by atoms with Crippen LogP contribution in [0.2, 0.25) is 0 Å². The maximum Gasteiger partial charge on any atom is 0.132 e. The predicted octanol–water partition coefficient (Wildman–Crippen LogP) is 4.00. The summed E-state index contributed by atoms with van der Waals surface area (Å²) in [4.78, 5) is 4.29. The summed E-state index contributed by atoms with van der Waals surface area (Å²) in [6.07, 6.45) is 2.59. The SMILES string of the molecule is Nc1ccnc(Nc2ccccc2Cc2ccccc2)c1. The molecule has 0 fully saturated rings. The summed E-state index contributed by atoms with van der Waals surface area (Å²) in [6, 6.07) is 22.3. The van der Waals surface area contributed by atoms with Crippen LogP contribution in [0.15, 0.2) is 72.9 Å². The molecule has 0 spiro atoms. The van der Waals surface area contributed by atoms with Crippen LogP contribution in [0, 0.1) is 0 Å². The van der Waals surface area contributed by atoms with Gasteiger partial charge in [0.15, 0.2) is 0 Å². The fourth-order valence-corrected chi connectivity index (χ4v) is 2.27. The molecule has 3 aromatic rings. The average molecular weight is 275 g/mol. The van der Waals surface area contributed by atoms with Crippen molar-refractivity contribution in [1.29, 1.82) is 0 Å². The first-order valence-corrected chi connectivity index (χ1v) is 6.91. The van der Waals surface area contributed by atoms with Crippen LogP contribution in [-0.4, -0.2) is 4.98 Å². The number of aromatic nitrogens is 1. The molecule has 0 atom stereocenters. The second-order valence-electron chi connectivity index (χ2n) is 4.92. The number of para-hydroxylation sites is 1. The molecule has 0 saturated carbocycles. The minimum Gasteiger partial charge on any atom is -0.399 e. The van der Waals surface area contributed by atoms with Crippen molar-refractivity contribution in [2.75, 3.05) is 11.1 Å². The maximum absolute atomic E-state index is 5.79. The molecular weight excluding hydrogens is 258 g/mol. The number of nitrogens with zero attached hydrogens (tertiary/aromatic N) is 1. The summed E-state index contributed by atoms with van der Waals surface area (Å²) < 4.78 is 0. The third kappa shape index (κ3) is 3.39. The van der Waals surface area contributed by atoms with Gasteiger partial charge in [0, 0.05) is 23.6 Å². The lowest BCUT2D eigenvalue weighted by molar-refractivity contribution is 1.19. The van der Waals surface area contributed by atoms with E-state index in [1.54, 1.807) is 12.3 Å². The molecule has 3 N–H and O–H groups in total. The van der Waals surface area contributed by atoms with Crippen molar-refractivity contribution in [2.24, 2.45) is 0 Å². The fraction of sp³-hybridized carbons (Fsp3) is 0.0556. The van der Waals surface area contributed by atoms with E-state index in [9.17, 15) is 0 Å². The molecule has 0 amide bonds. The number of anilines is 3. The molecule has 0 saturated heterocycles. The molecule has 3 heteroatoms. The molecule has 2 aromatic carbocycles. The van der Waals surface area contributed by atoms with E-state index in [-0.39, 0.29) is 0 Å². The molecule has 1 heterocycles. The summed E-state index contributed by atoms with van der Waals surface area (Å²) in [5.74, 6) is 0.760. The monoisotopic (exact) mass is 275 g/mol. The summed E-state index contributed by atoms with van der Waals surface area (Å²) in [5.41, 5.74) is 10.1. The lowest BCUT2D eigenvalue weighted by Crippen LogP contribution is -1.99. The van der Waals surface area contributed by atoms with Crippen molar-refractivity contribution in [3.05, 3.63) is 84.1 Å². The molecule has 1 aromatic heterocycles. The molecule has 0 unspecified atom stereocenters. The molecule has 0 radical (unpaired) electrons. The number of nitrogens with one attached hydrogen (secondary N) is 1. The van der Waals surface area contributed by atoms with Crippen LogP contribution >= 0.6 is 0 Å². The maximum atomic E-state index is 5.79. The van der Waals surface area contributed by atoms with Gasteiger partial charge in [-0.3, -0.25) is 0 Å². The van der Waals surface area contributed by atoms with Crippen LogP contribution in [0.4, 0.5) is 17.2 Å². The van der Waals surface area contributed by atoms with Crippen molar-refractivity contribution in [2.45, 2.75) is 6.42 Å². The van der Waals surface area contributed by atoms with Gasteiger partial charge >= 0.3 is 0 Å². The van der Waals surface area contributed by atoms with Gasteiger partial charge in [0.2, 0.25) is 0 Å². The molecular formula is C18H17N3. The Morgan fingerprint density at radius 2 is 1.67 bits per heavy atom. The highest BCUT2D eigenvalue weighted by atomic mass is 15.0. The molecule has 0 aliphatic carbocycles. The number of nitrogen functional groups attached to an aromatic ring is 1. The van der Waals surface area contributed by atoms with Gasteiger partial charge in [-0.05, 0) is 29.7 Å². The number of hydrogen-bond acceptors (Lipinski definition) is 3. The summed E-state index contributed by atoms with van der Waals surface area (Å²) in [7, 11) is 0. The van der Waals surface area contributed by atoms with Crippen LogP contribution in [-0.2, 0) is 6.42 Å². The Bertz CT molecular complexity index is 723. The average Bonchev–Trinajstić information content (AvgIpc) is 2.50. The standard InChI is InChI=1S/C18H17N3/c19-16-10-11-20-18(13-16)21-17-9-5-4-8-15(17)12-14-6-2-1-3-7-14/h1-11,13H,12H2,(H3,19,20,21). The minimum absolute atomic E-state index is 0.702. The van der Waals surface area contributed by atoms with Crippen molar-refractivity contribution in [3.63, 3.8) is 0 Å². The molecule has 104 valence electrons. The largest absolute Gasteiger partial charge is 0.399 e. The first-order chi connectivity index (χ1) is 10.3. The van der Waals surface area contributed by atoms with Crippen LogP contribution in [0.25, 0.3) is 0 Å². The first-order valence-electron chi connectivity index (χ1n) is 6.91. The first kappa shape index (κ1) is 13.2. The summed E-state index contributed by atoms with van der Waals surface area (Å²) in [5, 5.41) is 3.34. The van der Waals surface area contributed by atoms with E-state index >= 15 is 0 Å². The zero-order chi connectivity index (χ0) is 14.5. The third-order valence-electron chi connectivity index (χ3n) is 3.30. The number of benzene rings is 2. The van der Waals surface area contributed by atoms with E-state index in [0.29, 0.717) is 5.69 Å². The van der Waals surface area contributed by atoms with E-state index in [1.807, 2.05) is 18.2 Å². The predicted molar refractivity (Wildman–Crippen MR) is 87.6 cm³/mol. The Morgan fingerprint density at radius 1 is 0.905 bits per heavy atom. The number of rotatable bonds is 4. The van der Waals surface area contributed by atoms with Crippen molar-refractivity contribution in [3.8, 4) is 0 Å². The zero-order valence-corrected chi connectivity index (χ0v) is 11.7. The van der Waals surface area contributed by atoms with Crippen molar-refractivity contribution >= 4 is 17.2 Å². The number of hydrogen-bond donors (Lipinski definition) is 2. The van der Waals surface area contributed by atoms with E-state index in [4.69, 9.17) is 5.73 Å². The van der Waals surface area contributed by atoms with Gasteiger partial charge in [-0.25, -0.2) is 4.98 Å². The van der Waals surface area contributed by atoms with E-state index in [1.165, 1.54) is 11.1 Å². The van der Waals surface area contributed by atoms with Gasteiger partial charge in [0.25, 0.3) is 0 Å². The van der Waals surface area contributed by atoms with Gasteiger partial charge in [-0.15, -0.1) is 0 Å². The topological polar surface area (TPSA) is 50.9 Å². The lowest BCUT2D eigenvalue weighted by Gasteiger charge is -2.12. The highest BCUT2D eigenvalue weighted by Gasteiger charge is 2.04. The quantitative estimate of drug-likeness (QED) is 0.756. The van der Waals surface area contributed by atoms with Gasteiger partial charge < -0.3 is 11.1 Å². The Balaban J connectivity index is 1.86. The smallest absolute Gasteiger partial charge is 0.132 e. The molecule has 21 heavy (non-hydrogen) atoms. The molecule has 3 nitrogen and oxygen atoms in total. The van der Waals surface area contributed by atoms with Crippen LogP contribution in [0.1, 0.15) is 11.1 Å². The van der Waals surface area contributed by atoms with Gasteiger partial charge in [-0.1, -0.05) is 48.5 Å². The minimum atomic E-state index is 0.702. The number of pyridine rings is 1. The van der Waals surface area contributed by atoms with Crippen LogP contribution < -0.4 is 11.1 Å². The second kappa shape index (κ2) is 6.09. The number of nitrogens with two attached hydrogens (primary N) is 1. The Hall–Kier alpha value is -2.81. The van der Waals surface area contributed by atoms with Crippen molar-refractivity contribution < 1.29 is 0 Å². The third-order valence-corrected chi connectivity index (χ3v) is 3.30. The van der Waals surface area contributed by atoms with Gasteiger partial charge in [-0.2, -0.15) is 0 Å². The molecule has 0 aliphatic heterocycles. The van der Waals surface area contributed by atoms with Gasteiger partial charge in [0.05, 0.1) is 0 Å². The van der Waals surface area contributed by atoms with E-state index in [0.717, 1.165) is 17.9 Å². The van der Waals surface area contributed by atoms with Gasteiger partial charge in [0.1, 0.15) is 5.82 Å². The zero-order valence-electron chi connectivity index (χ0n) is 11.7. The molecule has 3 rings (SSSR count). The highest BCUT2D eigenvalue weighted by molar-refractivity contribution is 5.63. The van der Waals surface area contributed by atoms with Crippen LogP contribution in [0.3, 0.4) is 0 Å². The summed E-state index contributed by atoms with van der Waals surface area (Å²) in [6.45, 7) is 0. The Labute approximate surface area is 124 Å². The second-order valence-corrected chi connectivity index (χ2v) is 4.92. The van der Waals surface area contributed by atoms with Crippen molar-refractivity contribution in [1.82, 2.24) is 4.98 Å². The molecule has 0 bridgehead atoms. The fourth-order valence-electron chi connectivity index (χ4n) is 2.27. The van der Waals surface area contributed by atoms with Crippen LogP contribution in [0.5, 0.6) is 0 Å². The Kier molecular flexibility index (Phi) is 3.83. The lowest BCUT2D eigenvalue weighted by atomic mass is 10.0. The highest BCUT2D eigenvalue weighted by Crippen LogP contribution is 2.23. The van der Waals surface area contributed by atoms with E-state index < -0.39 is 0 Å².